The summed E-state index contributed by atoms with van der Waals surface area (Å²) in [7, 11) is -4.21. The highest BCUT2D eigenvalue weighted by molar-refractivity contribution is 7.90. The number of para-hydroxylation sites is 1. The van der Waals surface area contributed by atoms with Crippen LogP contribution >= 0.6 is 0 Å². The van der Waals surface area contributed by atoms with Crippen molar-refractivity contribution >= 4 is 26.9 Å². The summed E-state index contributed by atoms with van der Waals surface area (Å²) in [5.41, 5.74) is -0.374. The smallest absolute Gasteiger partial charge is 0.416 e. The van der Waals surface area contributed by atoms with Crippen molar-refractivity contribution in [2.45, 2.75) is 23.9 Å². The Hall–Kier alpha value is -2.81. The van der Waals surface area contributed by atoms with Gasteiger partial charge >= 0.3 is 12.1 Å². The molecule has 0 bridgehead atoms. The van der Waals surface area contributed by atoms with Gasteiger partial charge in [-0.1, -0.05) is 18.2 Å². The molecule has 0 unspecified atom stereocenters. The van der Waals surface area contributed by atoms with Crippen LogP contribution in [0.1, 0.15) is 17.7 Å². The third-order valence-corrected chi connectivity index (χ3v) is 5.83. The van der Waals surface area contributed by atoms with Gasteiger partial charge in [-0.05, 0) is 42.8 Å². The number of carboxylic acid groups (broad SMARTS) is 1. The Morgan fingerprint density at radius 2 is 1.67 bits per heavy atom. The molecule has 1 N–H and O–H groups in total. The van der Waals surface area contributed by atoms with Gasteiger partial charge in [0, 0.05) is 11.1 Å². The molecule has 5 nitrogen and oxygen atoms in total. The van der Waals surface area contributed by atoms with E-state index in [1.54, 1.807) is 30.3 Å². The van der Waals surface area contributed by atoms with Crippen LogP contribution in [0, 0.1) is 0 Å². The zero-order valence-corrected chi connectivity index (χ0v) is 14.6. The van der Waals surface area contributed by atoms with Gasteiger partial charge < -0.3 is 5.11 Å². The van der Waals surface area contributed by atoms with E-state index < -0.39 is 27.7 Å². The number of aryl methyl sites for hydroxylation is 1. The molecule has 142 valence electrons. The fourth-order valence-electron chi connectivity index (χ4n) is 2.80. The highest BCUT2D eigenvalue weighted by Gasteiger charge is 2.31. The summed E-state index contributed by atoms with van der Waals surface area (Å²) in [6.45, 7) is 0. The Balaban J connectivity index is 2.14. The molecule has 0 aliphatic carbocycles. The number of halogens is 3. The minimum atomic E-state index is -4.57. The number of hydrogen-bond acceptors (Lipinski definition) is 3. The van der Waals surface area contributed by atoms with Gasteiger partial charge in [-0.2, -0.15) is 13.2 Å². The molecule has 9 heteroatoms. The first kappa shape index (κ1) is 19.0. The van der Waals surface area contributed by atoms with Crippen molar-refractivity contribution in [1.82, 2.24) is 3.97 Å². The highest BCUT2D eigenvalue weighted by atomic mass is 32.2. The first-order valence-corrected chi connectivity index (χ1v) is 9.29. The van der Waals surface area contributed by atoms with Crippen LogP contribution in [0.3, 0.4) is 0 Å². The lowest BCUT2D eigenvalue weighted by atomic mass is 10.2. The summed E-state index contributed by atoms with van der Waals surface area (Å²) < 4.78 is 65.3. The van der Waals surface area contributed by atoms with Crippen molar-refractivity contribution in [2.24, 2.45) is 0 Å². The topological polar surface area (TPSA) is 76.4 Å². The average molecular weight is 397 g/mol. The third kappa shape index (κ3) is 3.68. The van der Waals surface area contributed by atoms with E-state index in [2.05, 4.69) is 0 Å². The molecule has 3 aromatic rings. The lowest BCUT2D eigenvalue weighted by molar-refractivity contribution is -0.138. The van der Waals surface area contributed by atoms with Gasteiger partial charge in [-0.3, -0.25) is 4.79 Å². The third-order valence-electron chi connectivity index (χ3n) is 4.05. The summed E-state index contributed by atoms with van der Waals surface area (Å²) in [6, 6.07) is 11.3. The van der Waals surface area contributed by atoms with Crippen LogP contribution in [-0.2, 0) is 27.4 Å². The second kappa shape index (κ2) is 6.73. The van der Waals surface area contributed by atoms with Gasteiger partial charge in [-0.15, -0.1) is 0 Å². The van der Waals surface area contributed by atoms with Crippen molar-refractivity contribution in [3.05, 3.63) is 65.9 Å². The standard InChI is InChI=1S/C18H14F3NO4S/c19-18(20,21)13-5-8-15(9-6-13)27(25,26)22-14(7-10-17(23)24)11-12-3-1-2-4-16(12)22/h1-6,8-9,11H,7,10H2,(H,23,24). The largest absolute Gasteiger partial charge is 0.481 e. The number of nitrogens with zero attached hydrogens (tertiary/aromatic N) is 1. The first-order chi connectivity index (χ1) is 12.6. The zero-order valence-electron chi connectivity index (χ0n) is 13.8. The summed E-state index contributed by atoms with van der Waals surface area (Å²) in [6.07, 6.45) is -4.89. The summed E-state index contributed by atoms with van der Waals surface area (Å²) in [5.74, 6) is -1.08. The Morgan fingerprint density at radius 3 is 2.26 bits per heavy atom. The fraction of sp³-hybridized carbons (Fsp3) is 0.167. The molecule has 0 radical (unpaired) electrons. The van der Waals surface area contributed by atoms with Crippen molar-refractivity contribution in [3.63, 3.8) is 0 Å². The maximum Gasteiger partial charge on any atom is 0.416 e. The molecule has 0 amide bonds. The quantitative estimate of drug-likeness (QED) is 0.708. The predicted molar refractivity (Wildman–Crippen MR) is 91.9 cm³/mol. The molecular formula is C18H14F3NO4S. The van der Waals surface area contributed by atoms with Crippen LogP contribution in [0.5, 0.6) is 0 Å². The van der Waals surface area contributed by atoms with E-state index in [0.29, 0.717) is 23.0 Å². The average Bonchev–Trinajstić information content (AvgIpc) is 2.98. The molecule has 0 atom stereocenters. The SMILES string of the molecule is O=C(O)CCc1cc2ccccc2n1S(=O)(=O)c1ccc(C(F)(F)F)cc1. The van der Waals surface area contributed by atoms with Crippen molar-refractivity contribution in [3.8, 4) is 0 Å². The second-order valence-electron chi connectivity index (χ2n) is 5.88. The van der Waals surface area contributed by atoms with Gasteiger partial charge in [0.1, 0.15) is 0 Å². The van der Waals surface area contributed by atoms with Gasteiger partial charge in [0.2, 0.25) is 0 Å². The van der Waals surface area contributed by atoms with Gasteiger partial charge in [0.15, 0.2) is 0 Å². The molecule has 0 aliphatic heterocycles. The number of fused-ring (bicyclic) bond motifs is 1. The Labute approximate surface area is 152 Å². The number of aromatic nitrogens is 1. The van der Waals surface area contributed by atoms with Crippen molar-refractivity contribution in [1.29, 1.82) is 0 Å². The number of benzene rings is 2. The number of carboxylic acids is 1. The maximum atomic E-state index is 13.1. The minimum Gasteiger partial charge on any atom is -0.481 e. The van der Waals surface area contributed by atoms with E-state index >= 15 is 0 Å². The van der Waals surface area contributed by atoms with Crippen LogP contribution in [-0.4, -0.2) is 23.5 Å². The Morgan fingerprint density at radius 1 is 1.04 bits per heavy atom. The van der Waals surface area contributed by atoms with Crippen LogP contribution in [0.4, 0.5) is 13.2 Å². The van der Waals surface area contributed by atoms with Crippen molar-refractivity contribution in [2.75, 3.05) is 0 Å². The van der Waals surface area contributed by atoms with E-state index in [4.69, 9.17) is 5.11 Å². The normalized spacial score (nSPS) is 12.4. The molecule has 1 heterocycles. The monoisotopic (exact) mass is 397 g/mol. The Kier molecular flexibility index (Phi) is 4.73. The van der Waals surface area contributed by atoms with Crippen LogP contribution < -0.4 is 0 Å². The summed E-state index contributed by atoms with van der Waals surface area (Å²) >= 11 is 0. The molecule has 0 saturated heterocycles. The highest BCUT2D eigenvalue weighted by Crippen LogP contribution is 2.31. The zero-order chi connectivity index (χ0) is 19.8. The molecular weight excluding hydrogens is 383 g/mol. The Bertz CT molecular complexity index is 1100. The molecule has 1 aromatic heterocycles. The van der Waals surface area contributed by atoms with Gasteiger partial charge in [0.25, 0.3) is 10.0 Å². The van der Waals surface area contributed by atoms with Gasteiger partial charge in [-0.25, -0.2) is 12.4 Å². The van der Waals surface area contributed by atoms with E-state index in [1.165, 1.54) is 0 Å². The lowest BCUT2D eigenvalue weighted by Crippen LogP contribution is -2.17. The molecule has 0 aliphatic rings. The molecule has 27 heavy (non-hydrogen) atoms. The predicted octanol–water partition coefficient (Wildman–Crippen LogP) is 3.91. The molecule has 3 rings (SSSR count). The number of aliphatic carboxylic acids is 1. The van der Waals surface area contributed by atoms with E-state index in [1.807, 2.05) is 0 Å². The van der Waals surface area contributed by atoms with Gasteiger partial charge in [0.05, 0.1) is 22.4 Å². The van der Waals surface area contributed by atoms with Crippen LogP contribution in [0.25, 0.3) is 10.9 Å². The molecule has 0 fully saturated rings. The summed E-state index contributed by atoms with van der Waals surface area (Å²) in [4.78, 5) is 10.6. The van der Waals surface area contributed by atoms with E-state index in [-0.39, 0.29) is 23.4 Å². The van der Waals surface area contributed by atoms with E-state index in [9.17, 15) is 26.4 Å². The number of alkyl halides is 3. The number of hydrogen-bond donors (Lipinski definition) is 1. The molecule has 2 aromatic carbocycles. The molecule has 0 spiro atoms. The number of carbonyl (C=O) groups is 1. The number of rotatable bonds is 5. The van der Waals surface area contributed by atoms with Crippen LogP contribution in [0.15, 0.2) is 59.5 Å². The summed E-state index contributed by atoms with van der Waals surface area (Å²) in [5, 5.41) is 9.49. The second-order valence-corrected chi connectivity index (χ2v) is 7.67. The van der Waals surface area contributed by atoms with Crippen molar-refractivity contribution < 1.29 is 31.5 Å². The minimum absolute atomic E-state index is 0.0378. The fourth-order valence-corrected chi connectivity index (χ4v) is 4.37. The first-order valence-electron chi connectivity index (χ1n) is 7.85. The van der Waals surface area contributed by atoms with Crippen LogP contribution in [0.2, 0.25) is 0 Å². The molecule has 0 saturated carbocycles. The van der Waals surface area contributed by atoms with E-state index in [0.717, 1.165) is 16.1 Å². The lowest BCUT2D eigenvalue weighted by Gasteiger charge is -2.13. The maximum absolute atomic E-state index is 13.1.